The first-order valence-corrected chi connectivity index (χ1v) is 9.87. The SMILES string of the molecule is Cc1nc2c(nc1-c1ccc(-c3ccc(C(=O)O)cn3)[nH]1)C(C)(C)CCC2(C)C. The van der Waals surface area contributed by atoms with Crippen LogP contribution in [0.15, 0.2) is 30.5 Å². The predicted octanol–water partition coefficient (Wildman–Crippen LogP) is 4.89. The molecule has 4 rings (SSSR count). The molecular weight excluding hydrogens is 364 g/mol. The summed E-state index contributed by atoms with van der Waals surface area (Å²) in [5.41, 5.74) is 6.50. The van der Waals surface area contributed by atoms with Crippen LogP contribution in [0.3, 0.4) is 0 Å². The maximum Gasteiger partial charge on any atom is 0.337 e. The number of carboxylic acid groups (broad SMARTS) is 1. The van der Waals surface area contributed by atoms with Crippen LogP contribution in [0.4, 0.5) is 0 Å². The Hall–Kier alpha value is -3.02. The van der Waals surface area contributed by atoms with Crippen molar-refractivity contribution in [2.24, 2.45) is 0 Å². The molecule has 1 aliphatic rings. The molecule has 0 bridgehead atoms. The number of hydrogen-bond acceptors (Lipinski definition) is 4. The molecule has 6 heteroatoms. The van der Waals surface area contributed by atoms with E-state index in [0.29, 0.717) is 5.69 Å². The zero-order chi connectivity index (χ0) is 21.0. The second-order valence-corrected chi connectivity index (χ2v) is 9.15. The summed E-state index contributed by atoms with van der Waals surface area (Å²) in [5, 5.41) is 9.04. The summed E-state index contributed by atoms with van der Waals surface area (Å²) < 4.78 is 0. The van der Waals surface area contributed by atoms with Gasteiger partial charge in [0.05, 0.1) is 39.7 Å². The van der Waals surface area contributed by atoms with Crippen LogP contribution in [0.25, 0.3) is 22.8 Å². The Labute approximate surface area is 170 Å². The third-order valence-electron chi connectivity index (χ3n) is 5.95. The molecular formula is C23H26N4O2. The van der Waals surface area contributed by atoms with Gasteiger partial charge in [-0.25, -0.2) is 9.78 Å². The van der Waals surface area contributed by atoms with Crippen molar-refractivity contribution in [1.29, 1.82) is 0 Å². The van der Waals surface area contributed by atoms with Gasteiger partial charge in [0, 0.05) is 17.0 Å². The van der Waals surface area contributed by atoms with E-state index in [9.17, 15) is 4.79 Å². The van der Waals surface area contributed by atoms with E-state index in [4.69, 9.17) is 15.1 Å². The molecule has 0 amide bonds. The van der Waals surface area contributed by atoms with E-state index in [1.807, 2.05) is 19.1 Å². The van der Waals surface area contributed by atoms with Gasteiger partial charge in [0.15, 0.2) is 0 Å². The van der Waals surface area contributed by atoms with E-state index in [1.165, 1.54) is 6.20 Å². The van der Waals surface area contributed by atoms with Crippen molar-refractivity contribution in [2.45, 2.75) is 58.3 Å². The van der Waals surface area contributed by atoms with E-state index in [0.717, 1.165) is 47.0 Å². The van der Waals surface area contributed by atoms with Crippen LogP contribution < -0.4 is 0 Å². The number of nitrogens with zero attached hydrogens (tertiary/aromatic N) is 3. The summed E-state index contributed by atoms with van der Waals surface area (Å²) in [6.45, 7) is 11.0. The van der Waals surface area contributed by atoms with Crippen LogP contribution in [0, 0.1) is 6.92 Å². The van der Waals surface area contributed by atoms with Gasteiger partial charge in [-0.3, -0.25) is 9.97 Å². The molecule has 3 heterocycles. The average molecular weight is 390 g/mol. The maximum atomic E-state index is 11.0. The fourth-order valence-electron chi connectivity index (χ4n) is 3.94. The molecule has 0 unspecified atom stereocenters. The van der Waals surface area contributed by atoms with Gasteiger partial charge < -0.3 is 10.1 Å². The Kier molecular flexibility index (Phi) is 4.33. The molecule has 0 saturated heterocycles. The summed E-state index contributed by atoms with van der Waals surface area (Å²) in [6, 6.07) is 7.18. The third kappa shape index (κ3) is 3.33. The van der Waals surface area contributed by atoms with E-state index in [-0.39, 0.29) is 16.4 Å². The van der Waals surface area contributed by atoms with Crippen molar-refractivity contribution < 1.29 is 9.90 Å². The van der Waals surface area contributed by atoms with Crippen LogP contribution in [0.5, 0.6) is 0 Å². The highest BCUT2D eigenvalue weighted by Gasteiger charge is 2.40. The lowest BCUT2D eigenvalue weighted by molar-refractivity contribution is 0.0696. The summed E-state index contributed by atoms with van der Waals surface area (Å²) in [5.74, 6) is -0.985. The number of carboxylic acids is 1. The first-order chi connectivity index (χ1) is 13.6. The minimum Gasteiger partial charge on any atom is -0.478 e. The lowest BCUT2D eigenvalue weighted by atomic mass is 9.67. The molecule has 1 aliphatic carbocycles. The monoisotopic (exact) mass is 390 g/mol. The number of carbonyl (C=O) groups is 1. The van der Waals surface area contributed by atoms with Crippen LogP contribution in [-0.2, 0) is 10.8 Å². The highest BCUT2D eigenvalue weighted by molar-refractivity contribution is 5.87. The number of hydrogen-bond donors (Lipinski definition) is 2. The van der Waals surface area contributed by atoms with Gasteiger partial charge in [0.1, 0.15) is 5.69 Å². The number of aromatic nitrogens is 4. The maximum absolute atomic E-state index is 11.0. The van der Waals surface area contributed by atoms with Crippen LogP contribution >= 0.6 is 0 Å². The zero-order valence-electron chi connectivity index (χ0n) is 17.5. The Morgan fingerprint density at radius 1 is 0.966 bits per heavy atom. The highest BCUT2D eigenvalue weighted by Crippen LogP contribution is 2.44. The fraction of sp³-hybridized carbons (Fsp3) is 0.391. The minimum absolute atomic E-state index is 0.00998. The van der Waals surface area contributed by atoms with Gasteiger partial charge in [0.2, 0.25) is 0 Å². The molecule has 6 nitrogen and oxygen atoms in total. The van der Waals surface area contributed by atoms with Crippen molar-refractivity contribution in [3.8, 4) is 22.8 Å². The summed E-state index contributed by atoms with van der Waals surface area (Å²) in [6.07, 6.45) is 3.55. The number of nitrogens with one attached hydrogen (secondary N) is 1. The first kappa shape index (κ1) is 19.3. The van der Waals surface area contributed by atoms with E-state index < -0.39 is 5.97 Å². The lowest BCUT2D eigenvalue weighted by Gasteiger charge is -2.40. The molecule has 2 N–H and O–H groups in total. The number of aryl methyl sites for hydroxylation is 1. The quantitative estimate of drug-likeness (QED) is 0.664. The second kappa shape index (κ2) is 6.51. The molecule has 0 radical (unpaired) electrons. The van der Waals surface area contributed by atoms with Gasteiger partial charge in [0.25, 0.3) is 0 Å². The summed E-state index contributed by atoms with van der Waals surface area (Å²) in [4.78, 5) is 28.7. The van der Waals surface area contributed by atoms with Crippen molar-refractivity contribution in [1.82, 2.24) is 19.9 Å². The summed E-state index contributed by atoms with van der Waals surface area (Å²) in [7, 11) is 0. The smallest absolute Gasteiger partial charge is 0.337 e. The van der Waals surface area contributed by atoms with Gasteiger partial charge in [-0.2, -0.15) is 0 Å². The first-order valence-electron chi connectivity index (χ1n) is 9.87. The lowest BCUT2D eigenvalue weighted by Crippen LogP contribution is -2.36. The van der Waals surface area contributed by atoms with Gasteiger partial charge in [-0.15, -0.1) is 0 Å². The van der Waals surface area contributed by atoms with E-state index >= 15 is 0 Å². The van der Waals surface area contributed by atoms with Crippen molar-refractivity contribution >= 4 is 5.97 Å². The predicted molar refractivity (Wildman–Crippen MR) is 112 cm³/mol. The third-order valence-corrected chi connectivity index (χ3v) is 5.95. The number of H-pyrrole nitrogens is 1. The van der Waals surface area contributed by atoms with Gasteiger partial charge >= 0.3 is 5.97 Å². The van der Waals surface area contributed by atoms with Crippen LogP contribution in [0.1, 0.15) is 68.0 Å². The zero-order valence-corrected chi connectivity index (χ0v) is 17.5. The summed E-state index contributed by atoms with van der Waals surface area (Å²) >= 11 is 0. The highest BCUT2D eigenvalue weighted by atomic mass is 16.4. The molecule has 0 saturated carbocycles. The Morgan fingerprint density at radius 2 is 1.59 bits per heavy atom. The molecule has 150 valence electrons. The van der Waals surface area contributed by atoms with Gasteiger partial charge in [-0.1, -0.05) is 27.7 Å². The van der Waals surface area contributed by atoms with E-state index in [1.54, 1.807) is 12.1 Å². The molecule has 3 aromatic rings. The molecule has 3 aromatic heterocycles. The number of pyridine rings is 1. The number of rotatable bonds is 3. The minimum atomic E-state index is -0.985. The largest absolute Gasteiger partial charge is 0.478 e. The standard InChI is InChI=1S/C23H26N4O2/c1-13-18(27-20-19(25-13)22(2,3)10-11-23(20,4)5)17-9-8-16(26-17)15-7-6-14(12-24-15)21(28)29/h6-9,12,26H,10-11H2,1-5H3,(H,28,29). The molecule has 0 spiro atoms. The Balaban J connectivity index is 1.76. The average Bonchev–Trinajstić information content (AvgIpc) is 3.15. The van der Waals surface area contributed by atoms with Crippen molar-refractivity contribution in [3.05, 3.63) is 53.1 Å². The van der Waals surface area contributed by atoms with Gasteiger partial charge in [-0.05, 0) is 44.0 Å². The molecule has 0 aromatic carbocycles. The number of aromatic amines is 1. The molecule has 0 atom stereocenters. The number of aromatic carboxylic acids is 1. The number of fused-ring (bicyclic) bond motifs is 1. The normalized spacial score (nSPS) is 17.0. The molecule has 29 heavy (non-hydrogen) atoms. The van der Waals surface area contributed by atoms with E-state index in [2.05, 4.69) is 37.7 Å². The van der Waals surface area contributed by atoms with Crippen LogP contribution in [-0.4, -0.2) is 31.0 Å². The topological polar surface area (TPSA) is 91.8 Å². The fourth-order valence-corrected chi connectivity index (χ4v) is 3.94. The molecule has 0 fully saturated rings. The second-order valence-electron chi connectivity index (χ2n) is 9.15. The van der Waals surface area contributed by atoms with Crippen molar-refractivity contribution in [2.75, 3.05) is 0 Å². The van der Waals surface area contributed by atoms with Crippen molar-refractivity contribution in [3.63, 3.8) is 0 Å². The Bertz CT molecular complexity index is 1090. The Morgan fingerprint density at radius 3 is 2.17 bits per heavy atom. The van der Waals surface area contributed by atoms with Crippen LogP contribution in [0.2, 0.25) is 0 Å². The molecule has 0 aliphatic heterocycles.